The van der Waals surface area contributed by atoms with Gasteiger partial charge in [0.25, 0.3) is 0 Å². The summed E-state index contributed by atoms with van der Waals surface area (Å²) in [7, 11) is 3.36. The van der Waals surface area contributed by atoms with E-state index in [1.54, 1.807) is 14.2 Å². The molecule has 1 aliphatic carbocycles. The van der Waals surface area contributed by atoms with Gasteiger partial charge in [0.1, 0.15) is 11.5 Å². The van der Waals surface area contributed by atoms with E-state index in [2.05, 4.69) is 45.5 Å². The Morgan fingerprint density at radius 2 is 1.90 bits per heavy atom. The number of ether oxygens (including phenoxy) is 2. The van der Waals surface area contributed by atoms with Crippen LogP contribution in [-0.4, -0.2) is 39.8 Å². The van der Waals surface area contributed by atoms with Crippen molar-refractivity contribution in [1.82, 2.24) is 0 Å². The van der Waals surface area contributed by atoms with Crippen LogP contribution in [0, 0.1) is 5.92 Å². The van der Waals surface area contributed by atoms with E-state index in [1.165, 1.54) is 24.0 Å². The number of hydrogen-bond donors (Lipinski definition) is 2. The van der Waals surface area contributed by atoms with Crippen LogP contribution in [0.3, 0.4) is 0 Å². The second-order valence-electron chi connectivity index (χ2n) is 8.17. The minimum atomic E-state index is 0.479. The molecule has 0 spiro atoms. The van der Waals surface area contributed by atoms with Gasteiger partial charge in [-0.1, -0.05) is 12.1 Å². The molecule has 0 radical (unpaired) electrons. The lowest BCUT2D eigenvalue weighted by Crippen LogP contribution is -2.26. The van der Waals surface area contributed by atoms with Crippen molar-refractivity contribution in [3.63, 3.8) is 0 Å². The Hall–Kier alpha value is -2.89. The Balaban J connectivity index is 1.36. The van der Waals surface area contributed by atoms with Gasteiger partial charge < -0.3 is 25.4 Å². The Labute approximate surface area is 179 Å². The molecular weight excluding hydrogens is 376 g/mol. The SMILES string of the molecule is COc1cc(OC)cc(N2CCC(CN=C(N)Nc3cccc4c3CCCC4)C2)c1. The zero-order valence-electron chi connectivity index (χ0n) is 18.0. The number of guanidine groups is 1. The third kappa shape index (κ3) is 4.64. The van der Waals surface area contributed by atoms with Gasteiger partial charge >= 0.3 is 0 Å². The van der Waals surface area contributed by atoms with Gasteiger partial charge in [-0.25, -0.2) is 0 Å². The predicted molar refractivity (Wildman–Crippen MR) is 123 cm³/mol. The lowest BCUT2D eigenvalue weighted by atomic mass is 9.90. The van der Waals surface area contributed by atoms with Crippen molar-refractivity contribution < 1.29 is 9.47 Å². The van der Waals surface area contributed by atoms with Gasteiger partial charge in [0.05, 0.1) is 14.2 Å². The number of nitrogens with zero attached hydrogens (tertiary/aromatic N) is 2. The molecule has 6 heteroatoms. The Bertz CT molecular complexity index is 890. The van der Waals surface area contributed by atoms with E-state index in [9.17, 15) is 0 Å². The monoisotopic (exact) mass is 408 g/mol. The van der Waals surface area contributed by atoms with Crippen LogP contribution in [0.5, 0.6) is 11.5 Å². The zero-order valence-corrected chi connectivity index (χ0v) is 18.0. The van der Waals surface area contributed by atoms with E-state index in [1.807, 2.05) is 6.07 Å². The van der Waals surface area contributed by atoms with E-state index in [0.717, 1.165) is 61.8 Å². The van der Waals surface area contributed by atoms with Crippen molar-refractivity contribution in [3.05, 3.63) is 47.5 Å². The molecule has 160 valence electrons. The van der Waals surface area contributed by atoms with E-state index in [0.29, 0.717) is 11.9 Å². The molecule has 0 amide bonds. The number of hydrogen-bond acceptors (Lipinski definition) is 4. The summed E-state index contributed by atoms with van der Waals surface area (Å²) in [5.74, 6) is 2.61. The van der Waals surface area contributed by atoms with E-state index < -0.39 is 0 Å². The summed E-state index contributed by atoms with van der Waals surface area (Å²) in [5, 5.41) is 3.35. The van der Waals surface area contributed by atoms with Crippen molar-refractivity contribution in [1.29, 1.82) is 0 Å². The zero-order chi connectivity index (χ0) is 20.9. The molecule has 0 aromatic heterocycles. The average Bonchev–Trinajstić information content (AvgIpc) is 3.27. The first-order chi connectivity index (χ1) is 14.7. The fraction of sp³-hybridized carbons (Fsp3) is 0.458. The van der Waals surface area contributed by atoms with E-state index in [4.69, 9.17) is 15.2 Å². The quantitative estimate of drug-likeness (QED) is 0.561. The third-order valence-electron chi connectivity index (χ3n) is 6.17. The Morgan fingerprint density at radius 1 is 1.13 bits per heavy atom. The highest BCUT2D eigenvalue weighted by molar-refractivity contribution is 5.93. The number of aryl methyl sites for hydroxylation is 1. The number of fused-ring (bicyclic) bond motifs is 1. The molecule has 2 aliphatic rings. The van der Waals surface area contributed by atoms with Crippen LogP contribution in [0.1, 0.15) is 30.4 Å². The van der Waals surface area contributed by atoms with Crippen LogP contribution in [0.15, 0.2) is 41.4 Å². The summed E-state index contributed by atoms with van der Waals surface area (Å²) in [6.45, 7) is 2.68. The fourth-order valence-electron chi connectivity index (χ4n) is 4.49. The molecule has 30 heavy (non-hydrogen) atoms. The first kappa shape index (κ1) is 20.4. The fourth-order valence-corrected chi connectivity index (χ4v) is 4.49. The van der Waals surface area contributed by atoms with Crippen LogP contribution in [0.2, 0.25) is 0 Å². The summed E-state index contributed by atoms with van der Waals surface area (Å²) in [5.41, 5.74) is 11.3. The maximum atomic E-state index is 6.23. The number of rotatable bonds is 6. The minimum absolute atomic E-state index is 0.479. The first-order valence-corrected chi connectivity index (χ1v) is 10.8. The summed E-state index contributed by atoms with van der Waals surface area (Å²) in [6.07, 6.45) is 5.90. The second kappa shape index (κ2) is 9.28. The van der Waals surface area contributed by atoms with Crippen LogP contribution >= 0.6 is 0 Å². The normalized spacial score (nSPS) is 18.8. The number of benzene rings is 2. The molecule has 4 rings (SSSR count). The average molecular weight is 409 g/mol. The molecule has 2 aromatic carbocycles. The van der Waals surface area contributed by atoms with Crippen LogP contribution in [0.25, 0.3) is 0 Å². The molecule has 2 aromatic rings. The molecular formula is C24H32N4O2. The lowest BCUT2D eigenvalue weighted by Gasteiger charge is -2.20. The van der Waals surface area contributed by atoms with Gasteiger partial charge in [0.2, 0.25) is 0 Å². The second-order valence-corrected chi connectivity index (χ2v) is 8.17. The van der Waals surface area contributed by atoms with Gasteiger partial charge in [0, 0.05) is 49.2 Å². The first-order valence-electron chi connectivity index (χ1n) is 10.8. The maximum Gasteiger partial charge on any atom is 0.193 e. The molecule has 1 atom stereocenters. The standard InChI is InChI=1S/C24H32N4O2/c1-29-20-12-19(13-21(14-20)30-2)28-11-10-17(16-28)15-26-24(25)27-23-9-5-7-18-6-3-4-8-22(18)23/h5,7,9,12-14,17H,3-4,6,8,10-11,15-16H2,1-2H3,(H3,25,26,27). The van der Waals surface area contributed by atoms with Crippen LogP contribution in [-0.2, 0) is 12.8 Å². The molecule has 1 saturated heterocycles. The molecule has 1 unspecified atom stereocenters. The van der Waals surface area contributed by atoms with Crippen LogP contribution in [0.4, 0.5) is 11.4 Å². The number of methoxy groups -OCH3 is 2. The third-order valence-corrected chi connectivity index (χ3v) is 6.17. The van der Waals surface area contributed by atoms with Crippen molar-refractivity contribution in [2.75, 3.05) is 44.1 Å². The Kier molecular flexibility index (Phi) is 6.31. The molecule has 3 N–H and O–H groups in total. The highest BCUT2D eigenvalue weighted by Crippen LogP contribution is 2.32. The molecule has 0 saturated carbocycles. The Morgan fingerprint density at radius 3 is 2.67 bits per heavy atom. The number of nitrogens with two attached hydrogens (primary N) is 1. The van der Waals surface area contributed by atoms with Crippen molar-refractivity contribution in [2.24, 2.45) is 16.6 Å². The number of aliphatic imine (C=N–C) groups is 1. The molecule has 6 nitrogen and oxygen atoms in total. The summed E-state index contributed by atoms with van der Waals surface area (Å²) in [6, 6.07) is 12.5. The molecule has 1 fully saturated rings. The maximum absolute atomic E-state index is 6.23. The highest BCUT2D eigenvalue weighted by atomic mass is 16.5. The molecule has 0 bridgehead atoms. The van der Waals surface area contributed by atoms with Gasteiger partial charge in [-0.2, -0.15) is 0 Å². The predicted octanol–water partition coefficient (Wildman–Crippen LogP) is 3.84. The van der Waals surface area contributed by atoms with Crippen LogP contribution < -0.4 is 25.4 Å². The summed E-state index contributed by atoms with van der Waals surface area (Å²) >= 11 is 0. The van der Waals surface area contributed by atoms with Gasteiger partial charge in [-0.3, -0.25) is 4.99 Å². The van der Waals surface area contributed by atoms with E-state index >= 15 is 0 Å². The van der Waals surface area contributed by atoms with Crippen molar-refractivity contribution in [2.45, 2.75) is 32.1 Å². The summed E-state index contributed by atoms with van der Waals surface area (Å²) in [4.78, 5) is 7.02. The van der Waals surface area contributed by atoms with E-state index in [-0.39, 0.29) is 0 Å². The highest BCUT2D eigenvalue weighted by Gasteiger charge is 2.23. The number of nitrogens with one attached hydrogen (secondary N) is 1. The minimum Gasteiger partial charge on any atom is -0.497 e. The van der Waals surface area contributed by atoms with Gasteiger partial charge in [0.15, 0.2) is 5.96 Å². The molecule has 1 aliphatic heterocycles. The lowest BCUT2D eigenvalue weighted by molar-refractivity contribution is 0.394. The molecule has 1 heterocycles. The van der Waals surface area contributed by atoms with Gasteiger partial charge in [-0.05, 0) is 55.2 Å². The van der Waals surface area contributed by atoms with Crippen molar-refractivity contribution in [3.8, 4) is 11.5 Å². The topological polar surface area (TPSA) is 72.1 Å². The van der Waals surface area contributed by atoms with Gasteiger partial charge in [-0.15, -0.1) is 0 Å². The largest absolute Gasteiger partial charge is 0.497 e. The van der Waals surface area contributed by atoms with Crippen molar-refractivity contribution >= 4 is 17.3 Å². The summed E-state index contributed by atoms with van der Waals surface area (Å²) < 4.78 is 10.8. The smallest absolute Gasteiger partial charge is 0.193 e. The number of anilines is 2.